The highest BCUT2D eigenvalue weighted by molar-refractivity contribution is 7.90. The van der Waals surface area contributed by atoms with Gasteiger partial charge < -0.3 is 5.32 Å². The molecule has 1 N–H and O–H groups in total. The third-order valence-corrected chi connectivity index (χ3v) is 4.58. The van der Waals surface area contributed by atoms with Crippen LogP contribution in [-0.4, -0.2) is 20.6 Å². The quantitative estimate of drug-likeness (QED) is 0.912. The monoisotopic (exact) mass is 337 g/mol. The summed E-state index contributed by atoms with van der Waals surface area (Å²) < 4.78 is 23.4. The predicted molar refractivity (Wildman–Crippen MR) is 86.6 cm³/mol. The average Bonchev–Trinajstić information content (AvgIpc) is 2.46. The van der Waals surface area contributed by atoms with Crippen molar-refractivity contribution < 1.29 is 13.2 Å². The molecule has 0 atom stereocenters. The van der Waals surface area contributed by atoms with Gasteiger partial charge in [-0.15, -0.1) is 0 Å². The Bertz CT molecular complexity index is 770. The van der Waals surface area contributed by atoms with Gasteiger partial charge in [-0.1, -0.05) is 41.9 Å². The van der Waals surface area contributed by atoms with Crippen LogP contribution in [0.4, 0.5) is 0 Å². The fourth-order valence-corrected chi connectivity index (χ4v) is 3.12. The maximum absolute atomic E-state index is 12.0. The second-order valence-corrected chi connectivity index (χ2v) is 7.38. The summed E-state index contributed by atoms with van der Waals surface area (Å²) in [6.45, 7) is 0.372. The second-order valence-electron chi connectivity index (χ2n) is 4.96. The summed E-state index contributed by atoms with van der Waals surface area (Å²) in [7, 11) is -3.35. The first-order valence-corrected chi connectivity index (χ1v) is 8.92. The van der Waals surface area contributed by atoms with Crippen molar-refractivity contribution in [3.8, 4) is 0 Å². The van der Waals surface area contributed by atoms with Crippen molar-refractivity contribution in [1.82, 2.24) is 5.32 Å². The fraction of sp³-hybridized carbons (Fsp3) is 0.188. The van der Waals surface area contributed by atoms with Crippen LogP contribution in [-0.2, 0) is 27.6 Å². The largest absolute Gasteiger partial charge is 0.352 e. The van der Waals surface area contributed by atoms with Crippen molar-refractivity contribution in [1.29, 1.82) is 0 Å². The molecule has 0 spiro atoms. The van der Waals surface area contributed by atoms with Crippen LogP contribution in [0.15, 0.2) is 53.4 Å². The molecule has 2 aromatic rings. The lowest BCUT2D eigenvalue weighted by atomic mass is 10.1. The molecule has 4 nitrogen and oxygen atoms in total. The molecule has 0 aliphatic carbocycles. The van der Waals surface area contributed by atoms with Crippen molar-refractivity contribution in [2.75, 3.05) is 6.26 Å². The number of rotatable bonds is 5. The van der Waals surface area contributed by atoms with Crippen LogP contribution in [0, 0.1) is 0 Å². The Hall–Kier alpha value is -1.85. The zero-order valence-corrected chi connectivity index (χ0v) is 13.6. The molecule has 6 heteroatoms. The molecule has 0 radical (unpaired) electrons. The molecule has 1 amide bonds. The number of hydrogen-bond donors (Lipinski definition) is 1. The van der Waals surface area contributed by atoms with Gasteiger partial charge in [0.15, 0.2) is 9.84 Å². The molecule has 2 aromatic carbocycles. The molecule has 0 aliphatic rings. The first-order chi connectivity index (χ1) is 10.4. The first-order valence-electron chi connectivity index (χ1n) is 6.65. The van der Waals surface area contributed by atoms with E-state index in [1.54, 1.807) is 30.3 Å². The fourth-order valence-electron chi connectivity index (χ4n) is 2.05. The molecule has 0 bridgehead atoms. The second kappa shape index (κ2) is 6.94. The van der Waals surface area contributed by atoms with E-state index in [9.17, 15) is 13.2 Å². The highest BCUT2D eigenvalue weighted by Crippen LogP contribution is 2.16. The summed E-state index contributed by atoms with van der Waals surface area (Å²) in [6.07, 6.45) is 1.16. The molecular formula is C16H16ClNO3S. The molecule has 116 valence electrons. The molecule has 2 rings (SSSR count). The summed E-state index contributed by atoms with van der Waals surface area (Å²) in [5.74, 6) is -0.231. The van der Waals surface area contributed by atoms with Crippen LogP contribution in [0.25, 0.3) is 0 Å². The van der Waals surface area contributed by atoms with E-state index >= 15 is 0 Å². The van der Waals surface area contributed by atoms with Gasteiger partial charge in [-0.2, -0.15) is 0 Å². The van der Waals surface area contributed by atoms with Crippen LogP contribution in [0.5, 0.6) is 0 Å². The van der Waals surface area contributed by atoms with E-state index in [4.69, 9.17) is 11.6 Å². The lowest BCUT2D eigenvalue weighted by molar-refractivity contribution is -0.120. The summed E-state index contributed by atoms with van der Waals surface area (Å²) in [6, 6.07) is 13.7. The maximum Gasteiger partial charge on any atom is 0.224 e. The van der Waals surface area contributed by atoms with E-state index in [-0.39, 0.29) is 17.2 Å². The van der Waals surface area contributed by atoms with E-state index in [2.05, 4.69) is 5.32 Å². The number of carbonyl (C=O) groups excluding carboxylic acids is 1. The summed E-state index contributed by atoms with van der Waals surface area (Å²) in [5, 5.41) is 3.40. The minimum absolute atomic E-state index is 0.0246. The molecule has 0 saturated heterocycles. The van der Waals surface area contributed by atoms with Gasteiger partial charge >= 0.3 is 0 Å². The average molecular weight is 338 g/mol. The van der Waals surface area contributed by atoms with Gasteiger partial charge in [0.25, 0.3) is 0 Å². The molecular weight excluding hydrogens is 322 g/mol. The van der Waals surface area contributed by atoms with Gasteiger partial charge in [-0.25, -0.2) is 8.42 Å². The van der Waals surface area contributed by atoms with Gasteiger partial charge in [0.1, 0.15) is 0 Å². The third-order valence-electron chi connectivity index (χ3n) is 3.13. The Labute approximate surface area is 135 Å². The molecule has 0 aliphatic heterocycles. The van der Waals surface area contributed by atoms with Crippen LogP contribution < -0.4 is 5.32 Å². The first kappa shape index (κ1) is 16.5. The van der Waals surface area contributed by atoms with Crippen LogP contribution in [0.1, 0.15) is 11.1 Å². The van der Waals surface area contributed by atoms with Crippen molar-refractivity contribution in [2.45, 2.75) is 17.9 Å². The number of carbonyl (C=O) groups is 1. The number of sulfone groups is 1. The van der Waals surface area contributed by atoms with Crippen molar-refractivity contribution in [3.05, 3.63) is 64.7 Å². The Morgan fingerprint density at radius 1 is 1.09 bits per heavy atom. The molecule has 22 heavy (non-hydrogen) atoms. The number of amides is 1. The number of hydrogen-bond acceptors (Lipinski definition) is 3. The van der Waals surface area contributed by atoms with Crippen LogP contribution in [0.3, 0.4) is 0 Å². The minimum Gasteiger partial charge on any atom is -0.352 e. The van der Waals surface area contributed by atoms with Gasteiger partial charge in [0.05, 0.1) is 11.3 Å². The third kappa shape index (κ3) is 4.58. The van der Waals surface area contributed by atoms with Gasteiger partial charge in [-0.05, 0) is 29.3 Å². The normalized spacial score (nSPS) is 11.2. The van der Waals surface area contributed by atoms with E-state index in [0.29, 0.717) is 17.1 Å². The zero-order chi connectivity index (χ0) is 16.2. The van der Waals surface area contributed by atoms with Crippen molar-refractivity contribution in [2.24, 2.45) is 0 Å². The SMILES string of the molecule is CS(=O)(=O)c1ccccc1CC(=O)NCc1ccc(Cl)cc1. The Kier molecular flexibility index (Phi) is 5.21. The summed E-state index contributed by atoms with van der Waals surface area (Å²) >= 11 is 5.80. The Morgan fingerprint density at radius 2 is 1.73 bits per heavy atom. The molecule has 0 aromatic heterocycles. The molecule has 0 unspecified atom stereocenters. The predicted octanol–water partition coefficient (Wildman–Crippen LogP) is 2.60. The lowest BCUT2D eigenvalue weighted by Crippen LogP contribution is -2.25. The lowest BCUT2D eigenvalue weighted by Gasteiger charge is -2.09. The Morgan fingerprint density at radius 3 is 2.36 bits per heavy atom. The topological polar surface area (TPSA) is 63.2 Å². The van der Waals surface area contributed by atoms with Crippen molar-refractivity contribution in [3.63, 3.8) is 0 Å². The molecule has 0 heterocycles. The van der Waals surface area contributed by atoms with Crippen molar-refractivity contribution >= 4 is 27.3 Å². The number of nitrogens with one attached hydrogen (secondary N) is 1. The van der Waals surface area contributed by atoms with Crippen LogP contribution >= 0.6 is 11.6 Å². The Balaban J connectivity index is 2.02. The van der Waals surface area contributed by atoms with E-state index in [0.717, 1.165) is 11.8 Å². The smallest absolute Gasteiger partial charge is 0.224 e. The van der Waals surface area contributed by atoms with Gasteiger partial charge in [-0.3, -0.25) is 4.79 Å². The van der Waals surface area contributed by atoms with Gasteiger partial charge in [0.2, 0.25) is 5.91 Å². The number of halogens is 1. The molecule has 0 fully saturated rings. The standard InChI is InChI=1S/C16H16ClNO3S/c1-22(20,21)15-5-3-2-4-13(15)10-16(19)18-11-12-6-8-14(17)9-7-12/h2-9H,10-11H2,1H3,(H,18,19). The highest BCUT2D eigenvalue weighted by atomic mass is 35.5. The van der Waals surface area contributed by atoms with Crippen LogP contribution in [0.2, 0.25) is 5.02 Å². The minimum atomic E-state index is -3.35. The summed E-state index contributed by atoms with van der Waals surface area (Å²) in [4.78, 5) is 12.2. The van der Waals surface area contributed by atoms with E-state index < -0.39 is 9.84 Å². The maximum atomic E-state index is 12.0. The van der Waals surface area contributed by atoms with E-state index in [1.165, 1.54) is 6.07 Å². The van der Waals surface area contributed by atoms with E-state index in [1.807, 2.05) is 12.1 Å². The summed E-state index contributed by atoms with van der Waals surface area (Å²) in [5.41, 5.74) is 1.42. The highest BCUT2D eigenvalue weighted by Gasteiger charge is 2.14. The number of benzene rings is 2. The van der Waals surface area contributed by atoms with Gasteiger partial charge in [0, 0.05) is 17.8 Å². The molecule has 0 saturated carbocycles. The zero-order valence-electron chi connectivity index (χ0n) is 12.0.